The second kappa shape index (κ2) is 2.17. The van der Waals surface area contributed by atoms with Crippen LogP contribution in [0.3, 0.4) is 0 Å². The molecule has 3 atom stereocenters. The lowest BCUT2D eigenvalue weighted by molar-refractivity contribution is 0.276. The van der Waals surface area contributed by atoms with Crippen molar-refractivity contribution in [3.8, 4) is 0 Å². The maximum absolute atomic E-state index is 4.54. The van der Waals surface area contributed by atoms with Gasteiger partial charge in [-0.05, 0) is 31.8 Å². The molecule has 0 saturated carbocycles. The van der Waals surface area contributed by atoms with Gasteiger partial charge in [-0.15, -0.1) is 0 Å². The molecule has 0 aromatic carbocycles. The number of hydrogen-bond donors (Lipinski definition) is 1. The average molecular weight is 143 g/mol. The molecule has 0 radical (unpaired) electrons. The van der Waals surface area contributed by atoms with Gasteiger partial charge in [0.25, 0.3) is 0 Å². The van der Waals surface area contributed by atoms with Crippen LogP contribution in [0.1, 0.15) is 12.8 Å². The van der Waals surface area contributed by atoms with Gasteiger partial charge in [-0.2, -0.15) is 12.6 Å². The Morgan fingerprint density at radius 3 is 2.78 bits per heavy atom. The van der Waals surface area contributed by atoms with E-state index >= 15 is 0 Å². The van der Waals surface area contributed by atoms with Crippen LogP contribution in [0.5, 0.6) is 0 Å². The van der Waals surface area contributed by atoms with Gasteiger partial charge in [-0.1, -0.05) is 0 Å². The summed E-state index contributed by atoms with van der Waals surface area (Å²) in [6.45, 7) is 3.96. The van der Waals surface area contributed by atoms with Gasteiger partial charge in [0.05, 0.1) is 0 Å². The van der Waals surface area contributed by atoms with E-state index in [9.17, 15) is 0 Å². The number of piperidine rings is 1. The van der Waals surface area contributed by atoms with E-state index in [-0.39, 0.29) is 0 Å². The lowest BCUT2D eigenvalue weighted by Gasteiger charge is -2.26. The van der Waals surface area contributed by atoms with E-state index in [4.69, 9.17) is 0 Å². The van der Waals surface area contributed by atoms with Crippen LogP contribution in [-0.4, -0.2) is 29.8 Å². The zero-order valence-electron chi connectivity index (χ0n) is 5.58. The Morgan fingerprint density at radius 2 is 2.00 bits per heavy atom. The van der Waals surface area contributed by atoms with Crippen molar-refractivity contribution >= 4 is 12.6 Å². The zero-order valence-corrected chi connectivity index (χ0v) is 6.48. The maximum atomic E-state index is 4.54. The first-order chi connectivity index (χ1) is 4.36. The summed E-state index contributed by atoms with van der Waals surface area (Å²) in [5.74, 6) is 0.919. The van der Waals surface area contributed by atoms with Crippen molar-refractivity contribution in [2.24, 2.45) is 5.92 Å². The van der Waals surface area contributed by atoms with Gasteiger partial charge in [-0.3, -0.25) is 0 Å². The fourth-order valence-electron chi connectivity index (χ4n) is 1.93. The highest BCUT2D eigenvalue weighted by molar-refractivity contribution is 7.81. The first kappa shape index (κ1) is 6.05. The highest BCUT2D eigenvalue weighted by atomic mass is 32.1. The Kier molecular flexibility index (Phi) is 1.46. The fraction of sp³-hybridized carbons (Fsp3) is 1.00. The number of nitrogens with zero attached hydrogens (tertiary/aromatic N) is 1. The van der Waals surface area contributed by atoms with Crippen molar-refractivity contribution in [2.45, 2.75) is 18.1 Å². The van der Waals surface area contributed by atoms with Gasteiger partial charge in [0.15, 0.2) is 0 Å². The molecule has 0 aliphatic carbocycles. The Morgan fingerprint density at radius 1 is 1.22 bits per heavy atom. The molecule has 2 heteroatoms. The van der Waals surface area contributed by atoms with Crippen LogP contribution in [0.4, 0.5) is 0 Å². The molecule has 2 fully saturated rings. The third kappa shape index (κ3) is 0.987. The van der Waals surface area contributed by atoms with Crippen LogP contribution in [-0.2, 0) is 0 Å². The van der Waals surface area contributed by atoms with Gasteiger partial charge in [-0.25, -0.2) is 0 Å². The van der Waals surface area contributed by atoms with Crippen molar-refractivity contribution in [2.75, 3.05) is 19.6 Å². The van der Waals surface area contributed by atoms with E-state index in [0.29, 0.717) is 5.25 Å². The van der Waals surface area contributed by atoms with Crippen molar-refractivity contribution < 1.29 is 0 Å². The SMILES string of the molecule is SC1CCN2CCC1C2. The summed E-state index contributed by atoms with van der Waals surface area (Å²) in [5, 5.41) is 0.712. The van der Waals surface area contributed by atoms with Crippen LogP contribution < -0.4 is 0 Å². The van der Waals surface area contributed by atoms with Gasteiger partial charge in [0.1, 0.15) is 0 Å². The summed E-state index contributed by atoms with van der Waals surface area (Å²) < 4.78 is 0. The molecule has 0 spiro atoms. The second-order valence-electron chi connectivity index (χ2n) is 3.21. The molecule has 0 N–H and O–H groups in total. The summed E-state index contributed by atoms with van der Waals surface area (Å²) in [6, 6.07) is 0. The largest absolute Gasteiger partial charge is 0.303 e. The topological polar surface area (TPSA) is 3.24 Å². The average Bonchev–Trinajstić information content (AvgIpc) is 2.25. The molecule has 9 heavy (non-hydrogen) atoms. The number of thiol groups is 1. The Bertz CT molecular complexity index is 115. The van der Waals surface area contributed by atoms with Crippen molar-refractivity contribution in [3.63, 3.8) is 0 Å². The summed E-state index contributed by atoms with van der Waals surface area (Å²) >= 11 is 4.54. The molecule has 1 nitrogen and oxygen atoms in total. The van der Waals surface area contributed by atoms with E-state index in [0.717, 1.165) is 5.92 Å². The molecular weight excluding hydrogens is 130 g/mol. The summed E-state index contributed by atoms with van der Waals surface area (Å²) in [5.41, 5.74) is 0. The molecule has 0 aromatic heterocycles. The van der Waals surface area contributed by atoms with E-state index in [1.807, 2.05) is 0 Å². The van der Waals surface area contributed by atoms with E-state index < -0.39 is 0 Å². The van der Waals surface area contributed by atoms with Gasteiger partial charge in [0.2, 0.25) is 0 Å². The van der Waals surface area contributed by atoms with Gasteiger partial charge < -0.3 is 4.90 Å². The van der Waals surface area contributed by atoms with E-state index in [2.05, 4.69) is 17.5 Å². The minimum absolute atomic E-state index is 0.712. The zero-order chi connectivity index (χ0) is 6.27. The third-order valence-corrected chi connectivity index (χ3v) is 3.27. The quantitative estimate of drug-likeness (QED) is 0.495. The summed E-state index contributed by atoms with van der Waals surface area (Å²) in [6.07, 6.45) is 2.71. The van der Waals surface area contributed by atoms with Crippen LogP contribution in [0.15, 0.2) is 0 Å². The maximum Gasteiger partial charge on any atom is 0.00699 e. The molecule has 2 bridgehead atoms. The molecule has 2 saturated heterocycles. The van der Waals surface area contributed by atoms with Crippen molar-refractivity contribution in [3.05, 3.63) is 0 Å². The predicted molar refractivity (Wildman–Crippen MR) is 41.9 cm³/mol. The monoisotopic (exact) mass is 143 g/mol. The van der Waals surface area contributed by atoms with E-state index in [1.54, 1.807) is 0 Å². The van der Waals surface area contributed by atoms with Crippen LogP contribution in [0.25, 0.3) is 0 Å². The fourth-order valence-corrected chi connectivity index (χ4v) is 2.29. The minimum atomic E-state index is 0.712. The Hall–Kier alpha value is 0.310. The lowest BCUT2D eigenvalue weighted by Crippen LogP contribution is -2.32. The molecule has 3 unspecified atom stereocenters. The molecular formula is C7H13NS. The molecule has 2 aliphatic rings. The highest BCUT2D eigenvalue weighted by Crippen LogP contribution is 2.29. The minimum Gasteiger partial charge on any atom is -0.303 e. The van der Waals surface area contributed by atoms with Crippen LogP contribution >= 0.6 is 12.6 Å². The van der Waals surface area contributed by atoms with Crippen molar-refractivity contribution in [1.29, 1.82) is 0 Å². The summed E-state index contributed by atoms with van der Waals surface area (Å²) in [4.78, 5) is 2.55. The normalized spacial score (nSPS) is 49.7. The summed E-state index contributed by atoms with van der Waals surface area (Å²) in [7, 11) is 0. The predicted octanol–water partition coefficient (Wildman–Crippen LogP) is 1.01. The van der Waals surface area contributed by atoms with Gasteiger partial charge >= 0.3 is 0 Å². The Balaban J connectivity index is 2.05. The number of hydrogen-bond acceptors (Lipinski definition) is 2. The molecule has 0 aromatic rings. The lowest BCUT2D eigenvalue weighted by atomic mass is 10.0. The van der Waals surface area contributed by atoms with Crippen LogP contribution in [0, 0.1) is 5.92 Å². The first-order valence-corrected chi connectivity index (χ1v) is 4.28. The Labute approximate surface area is 61.8 Å². The van der Waals surface area contributed by atoms with Crippen molar-refractivity contribution in [1.82, 2.24) is 4.90 Å². The van der Waals surface area contributed by atoms with Crippen LogP contribution in [0.2, 0.25) is 0 Å². The third-order valence-electron chi connectivity index (χ3n) is 2.59. The highest BCUT2D eigenvalue weighted by Gasteiger charge is 2.31. The first-order valence-electron chi connectivity index (χ1n) is 3.76. The standard InChI is InChI=1S/C7H13NS/c9-7-2-4-8-3-1-6(7)5-8/h6-7,9H,1-5H2. The second-order valence-corrected chi connectivity index (χ2v) is 3.87. The molecule has 2 rings (SSSR count). The smallest absolute Gasteiger partial charge is 0.00699 e. The number of fused-ring (bicyclic) bond motifs is 2. The van der Waals surface area contributed by atoms with Gasteiger partial charge in [0, 0.05) is 11.8 Å². The molecule has 0 amide bonds. The molecule has 52 valence electrons. The molecule has 2 heterocycles. The molecule has 2 aliphatic heterocycles. The van der Waals surface area contributed by atoms with E-state index in [1.165, 1.54) is 32.5 Å². The number of rotatable bonds is 0.